The largest absolute Gasteiger partial charge is 0.496 e. The number of nitrogens with zero attached hydrogens (tertiary/aromatic N) is 1. The summed E-state index contributed by atoms with van der Waals surface area (Å²) in [5.41, 5.74) is -1.16. The fraction of sp³-hybridized carbons (Fsp3) is 0.500. The Labute approximate surface area is 268 Å². The third-order valence-corrected chi connectivity index (χ3v) is 8.54. The Morgan fingerprint density at radius 2 is 1.41 bits per heavy atom. The Kier molecular flexibility index (Phi) is 13.9. The van der Waals surface area contributed by atoms with E-state index >= 15 is 0 Å². The van der Waals surface area contributed by atoms with Crippen LogP contribution in [0.2, 0.25) is 0 Å². The molecule has 2 N–H and O–H groups in total. The number of aliphatic carboxylic acids is 1. The predicted molar refractivity (Wildman–Crippen MR) is 173 cm³/mol. The van der Waals surface area contributed by atoms with Crippen molar-refractivity contribution in [1.29, 1.82) is 0 Å². The Morgan fingerprint density at radius 3 is 1.89 bits per heavy atom. The summed E-state index contributed by atoms with van der Waals surface area (Å²) in [7, 11) is 4.87. The lowest BCUT2D eigenvalue weighted by molar-refractivity contribution is -0.157. The number of nitrogens with one attached hydrogen (secondary N) is 1. The van der Waals surface area contributed by atoms with Crippen molar-refractivity contribution in [1.82, 2.24) is 9.62 Å². The van der Waals surface area contributed by atoms with Gasteiger partial charge in [-0.25, -0.2) is 9.59 Å². The van der Waals surface area contributed by atoms with E-state index in [1.165, 1.54) is 37.1 Å². The van der Waals surface area contributed by atoms with Crippen LogP contribution >= 0.6 is 21.8 Å². The van der Waals surface area contributed by atoms with E-state index in [4.69, 9.17) is 14.2 Å². The van der Waals surface area contributed by atoms with Crippen LogP contribution in [-0.4, -0.2) is 65.1 Å². The molecule has 0 fully saturated rings. The van der Waals surface area contributed by atoms with E-state index in [0.717, 1.165) is 20.2 Å². The van der Waals surface area contributed by atoms with Crippen molar-refractivity contribution in [2.24, 2.45) is 11.8 Å². The number of hydrogen-bond acceptors (Lipinski definition) is 9. The molecule has 44 heavy (non-hydrogen) atoms. The normalized spacial score (nSPS) is 12.8. The number of carbonyl (C=O) groups is 4. The summed E-state index contributed by atoms with van der Waals surface area (Å²) >= 11 is 0. The summed E-state index contributed by atoms with van der Waals surface area (Å²) in [5, 5.41) is 13.0. The number of carboxylic acids is 1. The van der Waals surface area contributed by atoms with Gasteiger partial charge < -0.3 is 24.6 Å². The van der Waals surface area contributed by atoms with Gasteiger partial charge in [0.15, 0.2) is 0 Å². The lowest BCUT2D eigenvalue weighted by atomic mass is 9.99. The third-order valence-electron chi connectivity index (χ3n) is 6.13. The zero-order valence-electron chi connectivity index (χ0n) is 26.8. The molecular formula is C32H44N2O8S2. The standard InChI is InChI=1S/C32H44N2O8S2/c1-19(2)17-22(31(39)42-32(5,6)7)33-28(35)26-24(40-8)15-16-25(41-9)27(26)29(36)34(23(30(37)38)18-20(3)4)44-43-21-13-11-10-12-14-21/h10-16,19-20,22-23H,17-18H2,1-9H3,(H,33,35)(H,37,38). The van der Waals surface area contributed by atoms with E-state index in [1.54, 1.807) is 20.8 Å². The molecule has 0 spiro atoms. The molecule has 0 bridgehead atoms. The first-order chi connectivity index (χ1) is 20.6. The molecule has 2 unspecified atom stereocenters. The van der Waals surface area contributed by atoms with Gasteiger partial charge in [0.2, 0.25) is 0 Å². The van der Waals surface area contributed by atoms with Crippen molar-refractivity contribution < 1.29 is 38.5 Å². The monoisotopic (exact) mass is 648 g/mol. The number of ether oxygens (including phenoxy) is 3. The van der Waals surface area contributed by atoms with Crippen LogP contribution in [0.25, 0.3) is 0 Å². The van der Waals surface area contributed by atoms with Crippen molar-refractivity contribution in [3.05, 3.63) is 53.6 Å². The van der Waals surface area contributed by atoms with Gasteiger partial charge in [-0.2, -0.15) is 0 Å². The van der Waals surface area contributed by atoms with Crippen LogP contribution in [-0.2, 0) is 14.3 Å². The molecule has 2 aromatic carbocycles. The van der Waals surface area contributed by atoms with Crippen molar-refractivity contribution in [3.63, 3.8) is 0 Å². The number of carboxylic acid groups (broad SMARTS) is 1. The van der Waals surface area contributed by atoms with Crippen LogP contribution in [0.3, 0.4) is 0 Å². The third kappa shape index (κ3) is 10.7. The molecule has 0 aromatic heterocycles. The highest BCUT2D eigenvalue weighted by molar-refractivity contribution is 8.76. The second kappa shape index (κ2) is 16.6. The Bertz CT molecular complexity index is 1300. The predicted octanol–water partition coefficient (Wildman–Crippen LogP) is 6.49. The molecule has 2 aromatic rings. The summed E-state index contributed by atoms with van der Waals surface area (Å²) < 4.78 is 17.8. The molecule has 0 saturated heterocycles. The Hall–Kier alpha value is -3.38. The van der Waals surface area contributed by atoms with Crippen LogP contribution in [0.15, 0.2) is 47.4 Å². The number of benzene rings is 2. The SMILES string of the molecule is COc1ccc(OC)c(C(=O)N(SSc2ccccc2)C(CC(C)C)C(=O)O)c1C(=O)NC(CC(C)C)C(=O)OC(C)(C)C. The highest BCUT2D eigenvalue weighted by Crippen LogP contribution is 2.40. The van der Waals surface area contributed by atoms with Crippen molar-refractivity contribution >= 4 is 45.5 Å². The first kappa shape index (κ1) is 36.8. The molecule has 0 aliphatic rings. The van der Waals surface area contributed by atoms with Crippen LogP contribution in [0.4, 0.5) is 0 Å². The van der Waals surface area contributed by atoms with Crippen LogP contribution in [0, 0.1) is 11.8 Å². The molecular weight excluding hydrogens is 604 g/mol. The highest BCUT2D eigenvalue weighted by Gasteiger charge is 2.38. The number of hydrogen-bond donors (Lipinski definition) is 2. The van der Waals surface area contributed by atoms with Gasteiger partial charge >= 0.3 is 11.9 Å². The van der Waals surface area contributed by atoms with E-state index in [9.17, 15) is 24.3 Å². The number of rotatable bonds is 15. The van der Waals surface area contributed by atoms with E-state index in [1.807, 2.05) is 58.0 Å². The summed E-state index contributed by atoms with van der Waals surface area (Å²) in [6.07, 6.45) is 0.438. The van der Waals surface area contributed by atoms with Gasteiger partial charge in [0.1, 0.15) is 29.2 Å². The molecule has 12 heteroatoms. The molecule has 242 valence electrons. The maximum Gasteiger partial charge on any atom is 0.329 e. The van der Waals surface area contributed by atoms with Gasteiger partial charge in [0.25, 0.3) is 11.8 Å². The number of esters is 1. The minimum Gasteiger partial charge on any atom is -0.496 e. The summed E-state index contributed by atoms with van der Waals surface area (Å²) in [6, 6.07) is 9.92. The molecule has 0 heterocycles. The summed E-state index contributed by atoms with van der Waals surface area (Å²) in [4.78, 5) is 54.9. The van der Waals surface area contributed by atoms with Crippen molar-refractivity contribution in [3.8, 4) is 11.5 Å². The molecule has 0 aliphatic carbocycles. The maximum absolute atomic E-state index is 14.5. The van der Waals surface area contributed by atoms with Gasteiger partial charge in [-0.15, -0.1) is 0 Å². The van der Waals surface area contributed by atoms with Crippen LogP contribution in [0.5, 0.6) is 11.5 Å². The summed E-state index contributed by atoms with van der Waals surface area (Å²) in [5.74, 6) is -3.28. The zero-order chi connectivity index (χ0) is 33.2. The average Bonchev–Trinajstić information content (AvgIpc) is 2.94. The van der Waals surface area contributed by atoms with E-state index in [0.29, 0.717) is 0 Å². The quantitative estimate of drug-likeness (QED) is 0.126. The average molecular weight is 649 g/mol. The van der Waals surface area contributed by atoms with Gasteiger partial charge in [-0.1, -0.05) is 45.9 Å². The number of amides is 2. The highest BCUT2D eigenvalue weighted by atomic mass is 33.1. The Balaban J connectivity index is 2.69. The topological polar surface area (TPSA) is 131 Å². The second-order valence-electron chi connectivity index (χ2n) is 12.0. The minimum absolute atomic E-state index is 0.0235. The van der Waals surface area contributed by atoms with Crippen LogP contribution < -0.4 is 14.8 Å². The lowest BCUT2D eigenvalue weighted by Crippen LogP contribution is -2.46. The minimum atomic E-state index is -1.23. The number of carbonyl (C=O) groups excluding carboxylic acids is 3. The Morgan fingerprint density at radius 1 is 0.864 bits per heavy atom. The van der Waals surface area contributed by atoms with Gasteiger partial charge in [0, 0.05) is 15.9 Å². The van der Waals surface area contributed by atoms with Gasteiger partial charge in [-0.05, 0) is 80.5 Å². The molecule has 0 radical (unpaired) electrons. The fourth-order valence-corrected chi connectivity index (χ4v) is 6.49. The van der Waals surface area contributed by atoms with Crippen LogP contribution in [0.1, 0.15) is 82.0 Å². The molecule has 2 rings (SSSR count). The molecule has 10 nitrogen and oxygen atoms in total. The first-order valence-corrected chi connectivity index (χ1v) is 16.4. The second-order valence-corrected chi connectivity index (χ2v) is 14.1. The van der Waals surface area contributed by atoms with Crippen molar-refractivity contribution in [2.75, 3.05) is 14.2 Å². The number of methoxy groups -OCH3 is 2. The first-order valence-electron chi connectivity index (χ1n) is 14.3. The lowest BCUT2D eigenvalue weighted by Gasteiger charge is -2.30. The van der Waals surface area contributed by atoms with Crippen molar-refractivity contribution in [2.45, 2.75) is 83.9 Å². The molecule has 0 saturated carbocycles. The van der Waals surface area contributed by atoms with Gasteiger partial charge in [-0.3, -0.25) is 13.9 Å². The molecule has 2 atom stereocenters. The zero-order valence-corrected chi connectivity index (χ0v) is 28.5. The summed E-state index contributed by atoms with van der Waals surface area (Å²) in [6.45, 7) is 12.7. The van der Waals surface area contributed by atoms with Gasteiger partial charge in [0.05, 0.1) is 25.3 Å². The van der Waals surface area contributed by atoms with E-state index in [-0.39, 0.29) is 47.3 Å². The van der Waals surface area contributed by atoms with E-state index in [2.05, 4.69) is 5.32 Å². The fourth-order valence-electron chi connectivity index (χ4n) is 4.27. The smallest absolute Gasteiger partial charge is 0.329 e. The molecule has 2 amide bonds. The maximum atomic E-state index is 14.5. The van der Waals surface area contributed by atoms with E-state index < -0.39 is 41.4 Å². The molecule has 0 aliphatic heterocycles.